The highest BCUT2D eigenvalue weighted by atomic mass is 16.5. The summed E-state index contributed by atoms with van der Waals surface area (Å²) in [5.41, 5.74) is 5.02. The van der Waals surface area contributed by atoms with Crippen LogP contribution in [0.1, 0.15) is 59.2 Å². The molecule has 4 nitrogen and oxygen atoms in total. The number of likely N-dealkylation sites (N-methyl/N-ethyl adjacent to an activating group) is 1. The van der Waals surface area contributed by atoms with Gasteiger partial charge in [0, 0.05) is 37.8 Å². The van der Waals surface area contributed by atoms with Crippen molar-refractivity contribution < 1.29 is 9.53 Å². The Morgan fingerprint density at radius 2 is 1.84 bits per heavy atom. The van der Waals surface area contributed by atoms with Gasteiger partial charge in [-0.3, -0.25) is 9.69 Å². The maximum Gasteiger partial charge on any atom is 0.253 e. The van der Waals surface area contributed by atoms with E-state index in [1.807, 2.05) is 36.2 Å². The third kappa shape index (κ3) is 4.05. The highest BCUT2D eigenvalue weighted by molar-refractivity contribution is 5.94. The molecular formula is C28H34N2O2. The second-order valence-corrected chi connectivity index (χ2v) is 10.6. The highest BCUT2D eigenvalue weighted by Gasteiger charge is 2.37. The number of ether oxygens (including phenoxy) is 1. The summed E-state index contributed by atoms with van der Waals surface area (Å²) in [6.07, 6.45) is 8.71. The maximum absolute atomic E-state index is 13.1. The van der Waals surface area contributed by atoms with Crippen LogP contribution in [0.3, 0.4) is 0 Å². The molecule has 3 aliphatic carbocycles. The van der Waals surface area contributed by atoms with E-state index in [-0.39, 0.29) is 11.9 Å². The smallest absolute Gasteiger partial charge is 0.253 e. The fraction of sp³-hybridized carbons (Fsp3) is 0.536. The molecule has 3 unspecified atom stereocenters. The standard InChI is InChI=1S/C28H34N2O2/c1-29(28(31)22-7-10-27(11-8-22)32-18-19-2-3-19)26-14-23-6-4-20(12-24(23)15-26)16-30-17-21-5-9-25(30)13-21/h4,6-8,10-12,19,21,25-26H,2-3,5,9,13-18H2,1H3. The first-order chi connectivity index (χ1) is 15.6. The third-order valence-corrected chi connectivity index (χ3v) is 8.24. The highest BCUT2D eigenvalue weighted by Crippen LogP contribution is 2.38. The first kappa shape index (κ1) is 20.3. The van der Waals surface area contributed by atoms with Crippen molar-refractivity contribution in [2.24, 2.45) is 11.8 Å². The van der Waals surface area contributed by atoms with Gasteiger partial charge in [0.1, 0.15) is 5.75 Å². The minimum absolute atomic E-state index is 0.102. The van der Waals surface area contributed by atoms with E-state index in [9.17, 15) is 4.79 Å². The van der Waals surface area contributed by atoms with Crippen molar-refractivity contribution in [3.63, 3.8) is 0 Å². The summed E-state index contributed by atoms with van der Waals surface area (Å²) in [5.74, 6) is 2.64. The molecule has 1 amide bonds. The van der Waals surface area contributed by atoms with Crippen LogP contribution in [0.15, 0.2) is 42.5 Å². The normalized spacial score (nSPS) is 26.3. The Balaban J connectivity index is 1.07. The topological polar surface area (TPSA) is 32.8 Å². The zero-order chi connectivity index (χ0) is 21.7. The predicted molar refractivity (Wildman–Crippen MR) is 126 cm³/mol. The molecule has 168 valence electrons. The summed E-state index contributed by atoms with van der Waals surface area (Å²) in [5, 5.41) is 0. The van der Waals surface area contributed by atoms with Gasteiger partial charge in [0.15, 0.2) is 0 Å². The van der Waals surface area contributed by atoms with Crippen molar-refractivity contribution in [2.45, 2.75) is 63.6 Å². The van der Waals surface area contributed by atoms with E-state index in [2.05, 4.69) is 23.1 Å². The minimum Gasteiger partial charge on any atom is -0.493 e. The SMILES string of the molecule is CN(C(=O)c1ccc(OCC2CC2)cc1)C1Cc2ccc(CN3CC4CCC3C4)cc2C1. The molecule has 2 saturated carbocycles. The maximum atomic E-state index is 13.1. The molecule has 0 spiro atoms. The van der Waals surface area contributed by atoms with Crippen LogP contribution in [0.2, 0.25) is 0 Å². The lowest BCUT2D eigenvalue weighted by Gasteiger charge is -2.26. The first-order valence-electron chi connectivity index (χ1n) is 12.5. The van der Waals surface area contributed by atoms with Gasteiger partial charge in [0.05, 0.1) is 6.61 Å². The Morgan fingerprint density at radius 1 is 1.03 bits per heavy atom. The number of fused-ring (bicyclic) bond motifs is 3. The molecule has 2 aromatic rings. The third-order valence-electron chi connectivity index (χ3n) is 8.24. The molecule has 0 radical (unpaired) electrons. The fourth-order valence-electron chi connectivity index (χ4n) is 6.04. The number of hydrogen-bond acceptors (Lipinski definition) is 3. The molecule has 0 N–H and O–H groups in total. The summed E-state index contributed by atoms with van der Waals surface area (Å²) >= 11 is 0. The van der Waals surface area contributed by atoms with Gasteiger partial charge >= 0.3 is 0 Å². The lowest BCUT2D eigenvalue weighted by molar-refractivity contribution is 0.0737. The monoisotopic (exact) mass is 430 g/mol. The van der Waals surface area contributed by atoms with Crippen LogP contribution >= 0.6 is 0 Å². The van der Waals surface area contributed by atoms with Crippen molar-refractivity contribution >= 4 is 5.91 Å². The number of hydrogen-bond donors (Lipinski definition) is 0. The lowest BCUT2D eigenvalue weighted by atomic mass is 10.0. The molecule has 2 bridgehead atoms. The number of nitrogens with zero attached hydrogens (tertiary/aromatic N) is 2. The average Bonchev–Trinajstić information content (AvgIpc) is 3.19. The Bertz CT molecular complexity index is 997. The van der Waals surface area contributed by atoms with Gasteiger partial charge in [-0.05, 0) is 97.7 Å². The Kier molecular flexibility index (Phi) is 5.21. The summed E-state index contributed by atoms with van der Waals surface area (Å²) in [7, 11) is 1.96. The molecule has 3 atom stereocenters. The second kappa shape index (κ2) is 8.22. The summed E-state index contributed by atoms with van der Waals surface area (Å²) in [6, 6.07) is 15.8. The zero-order valence-corrected chi connectivity index (χ0v) is 19.1. The van der Waals surface area contributed by atoms with Crippen LogP contribution in [0, 0.1) is 11.8 Å². The lowest BCUT2D eigenvalue weighted by Crippen LogP contribution is -2.37. The molecule has 0 aromatic heterocycles. The Morgan fingerprint density at radius 3 is 2.56 bits per heavy atom. The van der Waals surface area contributed by atoms with Gasteiger partial charge in [0.25, 0.3) is 5.91 Å². The number of benzene rings is 2. The molecule has 6 rings (SSSR count). The van der Waals surface area contributed by atoms with Crippen molar-refractivity contribution in [1.29, 1.82) is 0 Å². The number of carbonyl (C=O) groups is 1. The van der Waals surface area contributed by atoms with Crippen LogP contribution in [0.5, 0.6) is 5.75 Å². The first-order valence-corrected chi connectivity index (χ1v) is 12.5. The van der Waals surface area contributed by atoms with Crippen molar-refractivity contribution in [1.82, 2.24) is 9.80 Å². The van der Waals surface area contributed by atoms with Crippen LogP contribution in [0.25, 0.3) is 0 Å². The van der Waals surface area contributed by atoms with Gasteiger partial charge in [0.2, 0.25) is 0 Å². The molecular weight excluding hydrogens is 396 g/mol. The zero-order valence-electron chi connectivity index (χ0n) is 19.1. The van der Waals surface area contributed by atoms with E-state index in [0.717, 1.165) is 55.2 Å². The van der Waals surface area contributed by atoms with E-state index in [1.54, 1.807) is 0 Å². The van der Waals surface area contributed by atoms with Crippen LogP contribution in [-0.2, 0) is 19.4 Å². The van der Waals surface area contributed by atoms with E-state index >= 15 is 0 Å². The van der Waals surface area contributed by atoms with Gasteiger partial charge < -0.3 is 9.64 Å². The molecule has 1 heterocycles. The van der Waals surface area contributed by atoms with Gasteiger partial charge in [-0.1, -0.05) is 18.2 Å². The number of likely N-dealkylation sites (tertiary alicyclic amines) is 1. The van der Waals surface area contributed by atoms with E-state index < -0.39 is 0 Å². The molecule has 1 saturated heterocycles. The fourth-order valence-corrected chi connectivity index (χ4v) is 6.04. The van der Waals surface area contributed by atoms with Gasteiger partial charge in [-0.2, -0.15) is 0 Å². The van der Waals surface area contributed by atoms with E-state index in [0.29, 0.717) is 0 Å². The molecule has 4 aliphatic rings. The molecule has 1 aliphatic heterocycles. The summed E-state index contributed by atoms with van der Waals surface area (Å²) in [4.78, 5) is 17.8. The van der Waals surface area contributed by atoms with Crippen molar-refractivity contribution in [3.05, 3.63) is 64.7 Å². The average molecular weight is 431 g/mol. The summed E-state index contributed by atoms with van der Waals surface area (Å²) < 4.78 is 5.81. The predicted octanol–water partition coefficient (Wildman–Crippen LogP) is 4.70. The number of piperidine rings is 1. The molecule has 32 heavy (non-hydrogen) atoms. The van der Waals surface area contributed by atoms with Crippen LogP contribution in [0.4, 0.5) is 0 Å². The van der Waals surface area contributed by atoms with Gasteiger partial charge in [-0.15, -0.1) is 0 Å². The van der Waals surface area contributed by atoms with Crippen LogP contribution < -0.4 is 4.74 Å². The molecule has 4 heteroatoms. The van der Waals surface area contributed by atoms with Crippen LogP contribution in [-0.4, -0.2) is 48.0 Å². The summed E-state index contributed by atoms with van der Waals surface area (Å²) in [6.45, 7) is 3.17. The van der Waals surface area contributed by atoms with E-state index in [4.69, 9.17) is 4.74 Å². The Labute approximate surface area is 191 Å². The molecule has 2 aromatic carbocycles. The minimum atomic E-state index is 0.102. The Hall–Kier alpha value is -2.33. The van der Waals surface area contributed by atoms with Crippen molar-refractivity contribution in [2.75, 3.05) is 20.2 Å². The van der Waals surface area contributed by atoms with E-state index in [1.165, 1.54) is 55.3 Å². The van der Waals surface area contributed by atoms with Crippen molar-refractivity contribution in [3.8, 4) is 5.75 Å². The number of carbonyl (C=O) groups excluding carboxylic acids is 1. The largest absolute Gasteiger partial charge is 0.493 e. The number of rotatable bonds is 7. The quantitative estimate of drug-likeness (QED) is 0.638. The number of amides is 1. The van der Waals surface area contributed by atoms with Gasteiger partial charge in [-0.25, -0.2) is 0 Å². The molecule has 3 fully saturated rings. The second-order valence-electron chi connectivity index (χ2n) is 10.6.